The molecule has 2 aliphatic rings. The van der Waals surface area contributed by atoms with Crippen LogP contribution in [0.25, 0.3) is 0 Å². The van der Waals surface area contributed by atoms with Crippen LogP contribution in [0, 0.1) is 11.7 Å². The first-order chi connectivity index (χ1) is 14.5. The van der Waals surface area contributed by atoms with E-state index in [-0.39, 0.29) is 16.9 Å². The summed E-state index contributed by atoms with van der Waals surface area (Å²) < 4.78 is 25.0. The highest BCUT2D eigenvalue weighted by molar-refractivity contribution is 7.80. The van der Waals surface area contributed by atoms with Gasteiger partial charge in [0.25, 0.3) is 0 Å². The summed E-state index contributed by atoms with van der Waals surface area (Å²) in [6.45, 7) is 7.83. The molecule has 31 heavy (non-hydrogen) atoms. The van der Waals surface area contributed by atoms with Crippen molar-refractivity contribution in [2.45, 2.75) is 44.9 Å². The van der Waals surface area contributed by atoms with E-state index in [0.717, 1.165) is 5.56 Å². The number of hydrogen-bond acceptors (Lipinski definition) is 5. The molecule has 2 bridgehead atoms. The lowest BCUT2D eigenvalue weighted by Crippen LogP contribution is -2.71. The number of fused-ring (bicyclic) bond motifs is 4. The van der Waals surface area contributed by atoms with Gasteiger partial charge in [0, 0.05) is 11.3 Å². The summed E-state index contributed by atoms with van der Waals surface area (Å²) in [5.74, 6) is -1.43. The zero-order chi connectivity index (χ0) is 22.7. The maximum absolute atomic E-state index is 13.5. The third kappa shape index (κ3) is 3.29. The van der Waals surface area contributed by atoms with Crippen molar-refractivity contribution in [1.29, 1.82) is 0 Å². The molecule has 0 spiro atoms. The predicted octanol–water partition coefficient (Wildman–Crippen LogP) is 4.16. The molecule has 1 fully saturated rings. The second-order valence-corrected chi connectivity index (χ2v) is 9.45. The molecule has 0 amide bonds. The van der Waals surface area contributed by atoms with Crippen LogP contribution in [0.5, 0.6) is 11.5 Å². The van der Waals surface area contributed by atoms with E-state index in [2.05, 4.69) is 5.32 Å². The van der Waals surface area contributed by atoms with Crippen molar-refractivity contribution in [1.82, 2.24) is 5.32 Å². The summed E-state index contributed by atoms with van der Waals surface area (Å²) >= 11 is 5.64. The van der Waals surface area contributed by atoms with E-state index in [9.17, 15) is 14.3 Å². The number of anilines is 1. The van der Waals surface area contributed by atoms with Crippen molar-refractivity contribution in [3.63, 3.8) is 0 Å². The Morgan fingerprint density at radius 2 is 1.94 bits per heavy atom. The third-order valence-electron chi connectivity index (χ3n) is 5.98. The van der Waals surface area contributed by atoms with E-state index in [0.29, 0.717) is 16.4 Å². The van der Waals surface area contributed by atoms with Crippen LogP contribution in [0.1, 0.15) is 44.9 Å². The van der Waals surface area contributed by atoms with Gasteiger partial charge >= 0.3 is 5.97 Å². The average molecular weight is 445 g/mol. The van der Waals surface area contributed by atoms with Gasteiger partial charge in [-0.3, -0.25) is 9.69 Å². The van der Waals surface area contributed by atoms with Gasteiger partial charge in [0.1, 0.15) is 11.7 Å². The molecular weight excluding hydrogens is 419 g/mol. The van der Waals surface area contributed by atoms with Crippen molar-refractivity contribution in [2.75, 3.05) is 12.0 Å². The number of ether oxygens (including phenoxy) is 2. The number of phenols is 1. The molecule has 0 radical (unpaired) electrons. The molecule has 2 aromatic rings. The maximum atomic E-state index is 13.5. The number of phenolic OH excluding ortho intramolecular Hbond substituents is 1. The van der Waals surface area contributed by atoms with Crippen LogP contribution in [0.15, 0.2) is 36.4 Å². The van der Waals surface area contributed by atoms with Crippen molar-refractivity contribution >= 4 is 29.0 Å². The number of nitrogens with zero attached hydrogens (tertiary/aromatic N) is 1. The zero-order valence-electron chi connectivity index (χ0n) is 18.0. The molecule has 0 unspecified atom stereocenters. The number of aromatic hydroxyl groups is 1. The van der Waals surface area contributed by atoms with Gasteiger partial charge in [-0.25, -0.2) is 4.39 Å². The van der Waals surface area contributed by atoms with Gasteiger partial charge in [0.05, 0.1) is 13.2 Å². The van der Waals surface area contributed by atoms with E-state index in [1.54, 1.807) is 30.0 Å². The summed E-state index contributed by atoms with van der Waals surface area (Å²) in [7, 11) is 1.32. The number of benzene rings is 2. The second kappa shape index (κ2) is 7.09. The van der Waals surface area contributed by atoms with E-state index in [1.165, 1.54) is 19.2 Å². The second-order valence-electron chi connectivity index (χ2n) is 9.06. The smallest absolute Gasteiger partial charge is 0.317 e. The van der Waals surface area contributed by atoms with E-state index in [4.69, 9.17) is 21.7 Å². The number of carbonyl (C=O) groups excluding carboxylic acids is 1. The van der Waals surface area contributed by atoms with Gasteiger partial charge < -0.3 is 19.9 Å². The molecule has 1 saturated heterocycles. The fourth-order valence-corrected chi connectivity index (χ4v) is 4.77. The lowest BCUT2D eigenvalue weighted by Gasteiger charge is -2.55. The topological polar surface area (TPSA) is 71.0 Å². The van der Waals surface area contributed by atoms with Crippen LogP contribution in [0.4, 0.5) is 10.1 Å². The van der Waals surface area contributed by atoms with Crippen molar-refractivity contribution in [3.8, 4) is 11.5 Å². The molecule has 2 N–H and O–H groups in total. The van der Waals surface area contributed by atoms with Gasteiger partial charge in [-0.15, -0.1) is 0 Å². The fourth-order valence-electron chi connectivity index (χ4n) is 4.36. The minimum absolute atomic E-state index is 0.0179. The molecule has 3 atom stereocenters. The molecule has 2 aromatic carbocycles. The first kappa shape index (κ1) is 21.4. The van der Waals surface area contributed by atoms with Crippen LogP contribution in [0.3, 0.4) is 0 Å². The minimum Gasteiger partial charge on any atom is -0.504 e. The molecule has 164 valence electrons. The highest BCUT2D eigenvalue weighted by Gasteiger charge is 2.60. The van der Waals surface area contributed by atoms with Gasteiger partial charge in [-0.1, -0.05) is 20.8 Å². The molecule has 6 nitrogen and oxygen atoms in total. The molecule has 0 aliphatic carbocycles. The first-order valence-corrected chi connectivity index (χ1v) is 10.4. The largest absolute Gasteiger partial charge is 0.504 e. The van der Waals surface area contributed by atoms with E-state index in [1.807, 2.05) is 26.8 Å². The number of methoxy groups -OCH3 is 1. The summed E-state index contributed by atoms with van der Waals surface area (Å²) in [5, 5.41) is 14.4. The Morgan fingerprint density at radius 3 is 2.52 bits per heavy atom. The van der Waals surface area contributed by atoms with E-state index < -0.39 is 29.5 Å². The zero-order valence-corrected chi connectivity index (χ0v) is 18.8. The lowest BCUT2D eigenvalue weighted by molar-refractivity contribution is -0.157. The molecule has 2 heterocycles. The number of hydrogen-bond donors (Lipinski definition) is 2. The van der Waals surface area contributed by atoms with Crippen molar-refractivity contribution in [2.24, 2.45) is 5.92 Å². The summed E-state index contributed by atoms with van der Waals surface area (Å²) in [4.78, 5) is 14.6. The maximum Gasteiger partial charge on any atom is 0.317 e. The van der Waals surface area contributed by atoms with Gasteiger partial charge in [0.2, 0.25) is 5.72 Å². The Morgan fingerprint density at radius 1 is 1.29 bits per heavy atom. The van der Waals surface area contributed by atoms with Gasteiger partial charge in [0.15, 0.2) is 16.6 Å². The number of esters is 1. The van der Waals surface area contributed by atoms with Crippen LogP contribution >= 0.6 is 12.2 Å². The predicted molar refractivity (Wildman–Crippen MR) is 119 cm³/mol. The number of carbonyl (C=O) groups is 1. The third-order valence-corrected chi connectivity index (χ3v) is 6.28. The van der Waals surface area contributed by atoms with Gasteiger partial charge in [-0.05, 0) is 66.5 Å². The molecular formula is C23H25FN2O4S. The molecule has 0 saturated carbocycles. The monoisotopic (exact) mass is 444 g/mol. The van der Waals surface area contributed by atoms with Crippen LogP contribution in [-0.2, 0) is 14.9 Å². The first-order valence-electron chi connectivity index (χ1n) is 9.98. The SMILES string of the molecule is COC(=O)[C@H]1[C@H]2NC(=S)N(c3ccc(F)cc3)[C@@]1(C)Oc1c(O)cc(C(C)(C)C)cc12. The normalized spacial score (nSPS) is 24.7. The van der Waals surface area contributed by atoms with Crippen molar-refractivity contribution < 1.29 is 23.8 Å². The van der Waals surface area contributed by atoms with Crippen LogP contribution in [0.2, 0.25) is 0 Å². The number of halogens is 1. The summed E-state index contributed by atoms with van der Waals surface area (Å²) in [5.41, 5.74) is 0.532. The van der Waals surface area contributed by atoms with Crippen molar-refractivity contribution in [3.05, 3.63) is 53.3 Å². The van der Waals surface area contributed by atoms with Gasteiger partial charge in [-0.2, -0.15) is 0 Å². The fraction of sp³-hybridized carbons (Fsp3) is 0.391. The number of rotatable bonds is 2. The highest BCUT2D eigenvalue weighted by Crippen LogP contribution is 2.53. The standard InChI is InChI=1S/C23H25FN2O4S/c1-22(2,3)12-10-15-18-17(20(28)29-5)23(4,30-19(15)16(27)11-12)26(21(31)25-18)14-8-6-13(24)7-9-14/h6-11,17-18,27H,1-5H3,(H,25,31)/t17-,18+,23+/m1/s1. The molecule has 0 aromatic heterocycles. The summed E-state index contributed by atoms with van der Waals surface area (Å²) in [6, 6.07) is 8.78. The Hall–Kier alpha value is -2.87. The Balaban J connectivity index is 1.93. The lowest BCUT2D eigenvalue weighted by atomic mass is 9.77. The van der Waals surface area contributed by atoms with E-state index >= 15 is 0 Å². The number of thiocarbonyl (C=S) groups is 1. The minimum atomic E-state index is -1.31. The average Bonchev–Trinajstić information content (AvgIpc) is 2.68. The Labute approximate surface area is 186 Å². The number of nitrogens with one attached hydrogen (secondary N) is 1. The Kier molecular flexibility index (Phi) is 4.88. The molecule has 8 heteroatoms. The van der Waals surface area contributed by atoms with Crippen LogP contribution in [-0.4, -0.2) is 29.0 Å². The Bertz CT molecular complexity index is 1070. The summed E-state index contributed by atoms with van der Waals surface area (Å²) in [6.07, 6.45) is 0. The molecule has 2 aliphatic heterocycles. The molecule has 4 rings (SSSR count). The quantitative estimate of drug-likeness (QED) is 0.532. The van der Waals surface area contributed by atoms with Crippen LogP contribution < -0.4 is 15.0 Å². The highest BCUT2D eigenvalue weighted by atomic mass is 32.1.